The zero-order valence-corrected chi connectivity index (χ0v) is 12.8. The van der Waals surface area contributed by atoms with Crippen molar-refractivity contribution in [1.82, 2.24) is 0 Å². The Morgan fingerprint density at radius 3 is 2.45 bits per heavy atom. The standard InChI is InChI=1S/C15H14Cl2N2O/c1-10-5-7-19(8-6-10)9-13(20)18-15-12(16)4-3-11(2)14(15)17/h3-8H,9H2,1-2H3/p+1. The summed E-state index contributed by atoms with van der Waals surface area (Å²) in [5, 5.41) is 3.66. The van der Waals surface area contributed by atoms with Crippen LogP contribution in [0, 0.1) is 13.8 Å². The van der Waals surface area contributed by atoms with E-state index in [2.05, 4.69) is 5.32 Å². The summed E-state index contributed by atoms with van der Waals surface area (Å²) in [6.45, 7) is 4.07. The fourth-order valence-electron chi connectivity index (χ4n) is 1.75. The van der Waals surface area contributed by atoms with Gasteiger partial charge in [0.05, 0.1) is 15.7 Å². The number of nitrogens with one attached hydrogen (secondary N) is 1. The van der Waals surface area contributed by atoms with Gasteiger partial charge < -0.3 is 5.32 Å². The molecule has 1 aromatic carbocycles. The molecule has 0 atom stereocenters. The molecule has 2 aromatic rings. The van der Waals surface area contributed by atoms with Crippen molar-refractivity contribution in [1.29, 1.82) is 0 Å². The van der Waals surface area contributed by atoms with Crippen LogP contribution in [0.5, 0.6) is 0 Å². The van der Waals surface area contributed by atoms with Gasteiger partial charge in [0.25, 0.3) is 5.91 Å². The molecule has 0 unspecified atom stereocenters. The maximum absolute atomic E-state index is 12.0. The predicted molar refractivity (Wildman–Crippen MR) is 81.2 cm³/mol. The Kier molecular flexibility index (Phi) is 4.63. The van der Waals surface area contributed by atoms with Gasteiger partial charge in [-0.3, -0.25) is 4.79 Å². The van der Waals surface area contributed by atoms with Gasteiger partial charge in [-0.2, -0.15) is 4.57 Å². The Hall–Kier alpha value is -1.58. The molecule has 20 heavy (non-hydrogen) atoms. The molecule has 0 spiro atoms. The molecule has 3 nitrogen and oxygen atoms in total. The summed E-state index contributed by atoms with van der Waals surface area (Å²) in [7, 11) is 0. The average Bonchev–Trinajstić information content (AvgIpc) is 2.42. The summed E-state index contributed by atoms with van der Waals surface area (Å²) in [6.07, 6.45) is 3.71. The highest BCUT2D eigenvalue weighted by Crippen LogP contribution is 2.32. The normalized spacial score (nSPS) is 10.4. The second kappa shape index (κ2) is 6.25. The van der Waals surface area contributed by atoms with Crippen LogP contribution < -0.4 is 9.88 Å². The van der Waals surface area contributed by atoms with Crippen LogP contribution in [0.2, 0.25) is 10.0 Å². The van der Waals surface area contributed by atoms with E-state index in [4.69, 9.17) is 23.2 Å². The van der Waals surface area contributed by atoms with E-state index in [1.165, 1.54) is 0 Å². The molecule has 0 aliphatic rings. The van der Waals surface area contributed by atoms with Crippen LogP contribution in [0.4, 0.5) is 5.69 Å². The van der Waals surface area contributed by atoms with Crippen LogP contribution in [-0.2, 0) is 11.3 Å². The van der Waals surface area contributed by atoms with Gasteiger partial charge in [-0.05, 0) is 31.0 Å². The quantitative estimate of drug-likeness (QED) is 0.864. The number of aromatic nitrogens is 1. The number of amides is 1. The first kappa shape index (κ1) is 14.8. The fourth-order valence-corrected chi connectivity index (χ4v) is 2.22. The molecule has 0 aliphatic heterocycles. The van der Waals surface area contributed by atoms with Gasteiger partial charge in [0, 0.05) is 12.1 Å². The number of hydrogen-bond donors (Lipinski definition) is 1. The van der Waals surface area contributed by atoms with E-state index in [1.54, 1.807) is 10.6 Å². The second-order valence-electron chi connectivity index (χ2n) is 4.65. The minimum absolute atomic E-state index is 0.173. The average molecular weight is 310 g/mol. The van der Waals surface area contributed by atoms with E-state index in [0.29, 0.717) is 15.7 Å². The number of carbonyl (C=O) groups excluding carboxylic acids is 1. The molecule has 1 heterocycles. The van der Waals surface area contributed by atoms with Crippen LogP contribution >= 0.6 is 23.2 Å². The van der Waals surface area contributed by atoms with Crippen molar-refractivity contribution in [3.05, 3.63) is 57.8 Å². The van der Waals surface area contributed by atoms with E-state index >= 15 is 0 Å². The summed E-state index contributed by atoms with van der Waals surface area (Å²) in [4.78, 5) is 12.0. The van der Waals surface area contributed by atoms with Gasteiger partial charge in [0.1, 0.15) is 0 Å². The van der Waals surface area contributed by atoms with Crippen molar-refractivity contribution < 1.29 is 9.36 Å². The van der Waals surface area contributed by atoms with Gasteiger partial charge in [0.15, 0.2) is 12.4 Å². The Labute approximate surface area is 128 Å². The summed E-state index contributed by atoms with van der Waals surface area (Å²) < 4.78 is 1.79. The first-order valence-corrected chi connectivity index (χ1v) is 6.93. The topological polar surface area (TPSA) is 33.0 Å². The van der Waals surface area contributed by atoms with Crippen LogP contribution in [0.15, 0.2) is 36.7 Å². The number of anilines is 1. The summed E-state index contributed by atoms with van der Waals surface area (Å²) in [6, 6.07) is 7.42. The van der Waals surface area contributed by atoms with E-state index in [0.717, 1.165) is 11.1 Å². The Balaban J connectivity index is 2.12. The molecule has 1 N–H and O–H groups in total. The predicted octanol–water partition coefficient (Wildman–Crippen LogP) is 3.54. The number of carbonyl (C=O) groups is 1. The maximum atomic E-state index is 12.0. The first-order chi connectivity index (χ1) is 9.47. The highest BCUT2D eigenvalue weighted by molar-refractivity contribution is 6.40. The Morgan fingerprint density at radius 1 is 1.15 bits per heavy atom. The van der Waals surface area contributed by atoms with E-state index < -0.39 is 0 Å². The molecule has 0 radical (unpaired) electrons. The third-order valence-corrected chi connectivity index (χ3v) is 3.73. The van der Waals surface area contributed by atoms with Gasteiger partial charge in [-0.15, -0.1) is 0 Å². The molecule has 1 amide bonds. The lowest BCUT2D eigenvalue weighted by molar-refractivity contribution is -0.684. The fraction of sp³-hybridized carbons (Fsp3) is 0.200. The molecule has 0 fully saturated rings. The minimum Gasteiger partial charge on any atom is -0.318 e. The van der Waals surface area contributed by atoms with Crippen molar-refractivity contribution in [2.24, 2.45) is 0 Å². The van der Waals surface area contributed by atoms with E-state index in [-0.39, 0.29) is 12.5 Å². The number of aryl methyl sites for hydroxylation is 2. The Bertz CT molecular complexity index is 639. The molecule has 5 heteroatoms. The largest absolute Gasteiger partial charge is 0.318 e. The first-order valence-electron chi connectivity index (χ1n) is 6.17. The van der Waals surface area contributed by atoms with Crippen molar-refractivity contribution >= 4 is 34.8 Å². The van der Waals surface area contributed by atoms with Gasteiger partial charge in [-0.25, -0.2) is 0 Å². The monoisotopic (exact) mass is 309 g/mol. The lowest BCUT2D eigenvalue weighted by atomic mass is 10.2. The third kappa shape index (κ3) is 3.50. The lowest BCUT2D eigenvalue weighted by Crippen LogP contribution is -2.39. The number of benzene rings is 1. The van der Waals surface area contributed by atoms with Gasteiger partial charge >= 0.3 is 0 Å². The van der Waals surface area contributed by atoms with E-state index in [9.17, 15) is 4.79 Å². The molecule has 104 valence electrons. The van der Waals surface area contributed by atoms with Crippen molar-refractivity contribution in [3.63, 3.8) is 0 Å². The second-order valence-corrected chi connectivity index (χ2v) is 5.43. The van der Waals surface area contributed by atoms with Crippen molar-refractivity contribution in [3.8, 4) is 0 Å². The highest BCUT2D eigenvalue weighted by atomic mass is 35.5. The zero-order valence-electron chi connectivity index (χ0n) is 11.3. The van der Waals surface area contributed by atoms with E-state index in [1.807, 2.05) is 44.4 Å². The smallest absolute Gasteiger partial charge is 0.290 e. The van der Waals surface area contributed by atoms with Crippen molar-refractivity contribution in [2.45, 2.75) is 20.4 Å². The third-order valence-electron chi connectivity index (χ3n) is 2.93. The van der Waals surface area contributed by atoms with Crippen molar-refractivity contribution in [2.75, 3.05) is 5.32 Å². The number of nitrogens with zero attached hydrogens (tertiary/aromatic N) is 1. The number of rotatable bonds is 3. The SMILES string of the molecule is Cc1cc[n+](CC(=O)Nc2c(Cl)ccc(C)c2Cl)cc1. The minimum atomic E-state index is -0.173. The molecular formula is C15H15Cl2N2O+. The maximum Gasteiger partial charge on any atom is 0.290 e. The summed E-state index contributed by atoms with van der Waals surface area (Å²) in [5.41, 5.74) is 2.48. The Morgan fingerprint density at radius 2 is 1.80 bits per heavy atom. The molecular weight excluding hydrogens is 295 g/mol. The number of hydrogen-bond acceptors (Lipinski definition) is 1. The van der Waals surface area contributed by atoms with Crippen LogP contribution in [-0.4, -0.2) is 5.91 Å². The summed E-state index contributed by atoms with van der Waals surface area (Å²) in [5.74, 6) is -0.173. The number of halogens is 2. The molecule has 0 bridgehead atoms. The van der Waals surface area contributed by atoms with Gasteiger partial charge in [0.2, 0.25) is 6.54 Å². The molecule has 0 aliphatic carbocycles. The van der Waals surface area contributed by atoms with Crippen LogP contribution in [0.3, 0.4) is 0 Å². The van der Waals surface area contributed by atoms with Gasteiger partial charge in [-0.1, -0.05) is 29.3 Å². The molecule has 2 rings (SSSR count). The van der Waals surface area contributed by atoms with Crippen LogP contribution in [0.25, 0.3) is 0 Å². The lowest BCUT2D eigenvalue weighted by Gasteiger charge is -2.09. The molecule has 0 saturated heterocycles. The molecule has 0 saturated carbocycles. The number of pyridine rings is 1. The zero-order chi connectivity index (χ0) is 14.7. The molecule has 1 aromatic heterocycles. The highest BCUT2D eigenvalue weighted by Gasteiger charge is 2.14. The summed E-state index contributed by atoms with van der Waals surface area (Å²) >= 11 is 12.2. The van der Waals surface area contributed by atoms with Crippen LogP contribution in [0.1, 0.15) is 11.1 Å².